The Morgan fingerprint density at radius 2 is 1.62 bits per heavy atom. The van der Waals surface area contributed by atoms with E-state index in [2.05, 4.69) is 6.92 Å². The van der Waals surface area contributed by atoms with Crippen molar-refractivity contribution in [3.8, 4) is 0 Å². The molecule has 1 atom stereocenters. The van der Waals surface area contributed by atoms with Crippen LogP contribution in [0.15, 0.2) is 0 Å². The van der Waals surface area contributed by atoms with E-state index in [4.69, 9.17) is 0 Å². The zero-order chi connectivity index (χ0) is 11.6. The van der Waals surface area contributed by atoms with Gasteiger partial charge in [-0.3, -0.25) is 0 Å². The molecule has 1 aliphatic carbocycles. The molecule has 0 aromatic heterocycles. The molecular weight excluding hydrogens is 199 g/mol. The summed E-state index contributed by atoms with van der Waals surface area (Å²) in [7, 11) is 0. The number of alkyl halides is 1. The molecule has 1 aliphatic rings. The van der Waals surface area contributed by atoms with Crippen LogP contribution < -0.4 is 0 Å². The molecule has 1 unspecified atom stereocenters. The number of rotatable bonds is 9. The summed E-state index contributed by atoms with van der Waals surface area (Å²) in [4.78, 5) is 0. The lowest BCUT2D eigenvalue weighted by atomic mass is 9.97. The fourth-order valence-electron chi connectivity index (χ4n) is 2.87. The minimum Gasteiger partial charge on any atom is -0.247 e. The molecule has 16 heavy (non-hydrogen) atoms. The van der Waals surface area contributed by atoms with Gasteiger partial charge in [-0.15, -0.1) is 0 Å². The van der Waals surface area contributed by atoms with Gasteiger partial charge in [0.1, 0.15) is 6.17 Å². The Morgan fingerprint density at radius 3 is 2.31 bits per heavy atom. The highest BCUT2D eigenvalue weighted by atomic mass is 19.1. The molecule has 1 heteroatoms. The van der Waals surface area contributed by atoms with Crippen molar-refractivity contribution in [3.63, 3.8) is 0 Å². The van der Waals surface area contributed by atoms with E-state index >= 15 is 0 Å². The molecule has 0 aliphatic heterocycles. The van der Waals surface area contributed by atoms with Crippen molar-refractivity contribution < 1.29 is 4.39 Å². The van der Waals surface area contributed by atoms with Gasteiger partial charge in [-0.05, 0) is 18.8 Å². The molecule has 0 aromatic carbocycles. The third-order valence-corrected chi connectivity index (χ3v) is 3.93. The summed E-state index contributed by atoms with van der Waals surface area (Å²) in [6.45, 7) is 2.24. The van der Waals surface area contributed by atoms with Gasteiger partial charge in [0.25, 0.3) is 0 Å². The maximum atomic E-state index is 13.6. The number of halogens is 1. The summed E-state index contributed by atoms with van der Waals surface area (Å²) >= 11 is 0. The molecule has 1 fully saturated rings. The lowest BCUT2D eigenvalue weighted by Gasteiger charge is -2.12. The third-order valence-electron chi connectivity index (χ3n) is 3.93. The molecule has 0 spiro atoms. The van der Waals surface area contributed by atoms with Crippen molar-refractivity contribution in [2.75, 3.05) is 0 Å². The Bertz CT molecular complexity index is 150. The molecule has 1 saturated carbocycles. The summed E-state index contributed by atoms with van der Waals surface area (Å²) < 4.78 is 13.6. The molecule has 0 N–H and O–H groups in total. The Morgan fingerprint density at radius 1 is 1.00 bits per heavy atom. The lowest BCUT2D eigenvalue weighted by Crippen LogP contribution is -2.06. The predicted octanol–water partition coefficient (Wildman–Crippen LogP) is 5.66. The van der Waals surface area contributed by atoms with Crippen LogP contribution in [0.2, 0.25) is 0 Å². The van der Waals surface area contributed by atoms with Crippen LogP contribution in [0.3, 0.4) is 0 Å². The SMILES string of the molecule is CCCCCCCCC(F)CC1CCCC1. The topological polar surface area (TPSA) is 0 Å². The fourth-order valence-corrected chi connectivity index (χ4v) is 2.87. The van der Waals surface area contributed by atoms with Crippen LogP contribution in [-0.2, 0) is 0 Å². The smallest absolute Gasteiger partial charge is 0.100 e. The summed E-state index contributed by atoms with van der Waals surface area (Å²) in [6.07, 6.45) is 14.1. The minimum atomic E-state index is -0.505. The van der Waals surface area contributed by atoms with Gasteiger partial charge in [-0.2, -0.15) is 0 Å². The van der Waals surface area contributed by atoms with Gasteiger partial charge in [0, 0.05) is 0 Å². The molecule has 1 rings (SSSR count). The Labute approximate surface area is 101 Å². The largest absolute Gasteiger partial charge is 0.247 e. The predicted molar refractivity (Wildman–Crippen MR) is 69.5 cm³/mol. The van der Waals surface area contributed by atoms with Gasteiger partial charge in [-0.25, -0.2) is 4.39 Å². The van der Waals surface area contributed by atoms with Crippen molar-refractivity contribution in [3.05, 3.63) is 0 Å². The van der Waals surface area contributed by atoms with Crippen molar-refractivity contribution in [1.29, 1.82) is 0 Å². The van der Waals surface area contributed by atoms with Crippen LogP contribution >= 0.6 is 0 Å². The normalized spacial score (nSPS) is 19.1. The Hall–Kier alpha value is -0.0700. The van der Waals surface area contributed by atoms with Crippen LogP contribution in [0, 0.1) is 5.92 Å². The van der Waals surface area contributed by atoms with E-state index in [0.717, 1.165) is 25.2 Å². The first-order chi connectivity index (χ1) is 7.83. The molecule has 0 radical (unpaired) electrons. The lowest BCUT2D eigenvalue weighted by molar-refractivity contribution is 0.248. The quantitative estimate of drug-likeness (QED) is 0.447. The molecule has 0 aromatic rings. The van der Waals surface area contributed by atoms with Crippen molar-refractivity contribution in [1.82, 2.24) is 0 Å². The van der Waals surface area contributed by atoms with Crippen LogP contribution in [-0.4, -0.2) is 6.17 Å². The summed E-state index contributed by atoms with van der Waals surface area (Å²) in [6, 6.07) is 0. The van der Waals surface area contributed by atoms with Crippen molar-refractivity contribution >= 4 is 0 Å². The van der Waals surface area contributed by atoms with Gasteiger partial charge in [0.15, 0.2) is 0 Å². The van der Waals surface area contributed by atoms with E-state index in [0.29, 0.717) is 0 Å². The molecule has 0 heterocycles. The van der Waals surface area contributed by atoms with E-state index in [9.17, 15) is 4.39 Å². The van der Waals surface area contributed by atoms with E-state index < -0.39 is 6.17 Å². The number of hydrogen-bond donors (Lipinski definition) is 0. The molecule has 96 valence electrons. The molecule has 0 bridgehead atoms. The van der Waals surface area contributed by atoms with Gasteiger partial charge >= 0.3 is 0 Å². The summed E-state index contributed by atoms with van der Waals surface area (Å²) in [5.41, 5.74) is 0. The second kappa shape index (κ2) is 9.01. The summed E-state index contributed by atoms with van der Waals surface area (Å²) in [5, 5.41) is 0. The van der Waals surface area contributed by atoms with Gasteiger partial charge in [0.2, 0.25) is 0 Å². The first-order valence-corrected chi connectivity index (χ1v) is 7.47. The number of hydrogen-bond acceptors (Lipinski definition) is 0. The zero-order valence-corrected chi connectivity index (χ0v) is 11.0. The highest BCUT2D eigenvalue weighted by molar-refractivity contribution is 4.71. The third kappa shape index (κ3) is 6.50. The van der Waals surface area contributed by atoms with Crippen LogP contribution in [0.1, 0.15) is 84.0 Å². The highest BCUT2D eigenvalue weighted by Gasteiger charge is 2.19. The second-order valence-electron chi connectivity index (χ2n) is 5.54. The zero-order valence-electron chi connectivity index (χ0n) is 11.0. The maximum Gasteiger partial charge on any atom is 0.100 e. The monoisotopic (exact) mass is 228 g/mol. The van der Waals surface area contributed by atoms with Crippen molar-refractivity contribution in [2.45, 2.75) is 90.1 Å². The molecule has 0 nitrogen and oxygen atoms in total. The average molecular weight is 228 g/mol. The van der Waals surface area contributed by atoms with Crippen LogP contribution in [0.25, 0.3) is 0 Å². The molecular formula is C15H29F. The average Bonchev–Trinajstić information content (AvgIpc) is 2.76. The van der Waals surface area contributed by atoms with Gasteiger partial charge in [-0.1, -0.05) is 71.1 Å². The van der Waals surface area contributed by atoms with E-state index in [1.54, 1.807) is 0 Å². The Balaban J connectivity index is 1.87. The molecule has 0 saturated heterocycles. The van der Waals surface area contributed by atoms with Crippen LogP contribution in [0.5, 0.6) is 0 Å². The fraction of sp³-hybridized carbons (Fsp3) is 1.00. The van der Waals surface area contributed by atoms with E-state index in [-0.39, 0.29) is 0 Å². The van der Waals surface area contributed by atoms with E-state index in [1.165, 1.54) is 57.8 Å². The first kappa shape index (κ1) is 14.0. The molecule has 0 amide bonds. The van der Waals surface area contributed by atoms with Gasteiger partial charge < -0.3 is 0 Å². The summed E-state index contributed by atoms with van der Waals surface area (Å²) in [5.74, 6) is 0.718. The first-order valence-electron chi connectivity index (χ1n) is 7.47. The van der Waals surface area contributed by atoms with Gasteiger partial charge in [0.05, 0.1) is 0 Å². The standard InChI is InChI=1S/C15H29F/c1-2-3-4-5-6-7-12-15(16)13-14-10-8-9-11-14/h14-15H,2-13H2,1H3. The van der Waals surface area contributed by atoms with Crippen LogP contribution in [0.4, 0.5) is 4.39 Å². The van der Waals surface area contributed by atoms with E-state index in [1.807, 2.05) is 0 Å². The highest BCUT2D eigenvalue weighted by Crippen LogP contribution is 2.30. The Kier molecular flexibility index (Phi) is 7.88. The minimum absolute atomic E-state index is 0.505. The van der Waals surface area contributed by atoms with Crippen molar-refractivity contribution in [2.24, 2.45) is 5.92 Å². The second-order valence-corrected chi connectivity index (χ2v) is 5.54. The number of unbranched alkanes of at least 4 members (excludes halogenated alkanes) is 5. The maximum absolute atomic E-state index is 13.6.